The minimum absolute atomic E-state index is 0.128. The van der Waals surface area contributed by atoms with Crippen LogP contribution >= 0.6 is 23.2 Å². The van der Waals surface area contributed by atoms with Crippen molar-refractivity contribution in [2.24, 2.45) is 5.92 Å². The smallest absolute Gasteiger partial charge is 0.178 e. The van der Waals surface area contributed by atoms with Crippen molar-refractivity contribution in [2.75, 3.05) is 18.6 Å². The summed E-state index contributed by atoms with van der Waals surface area (Å²) < 4.78 is 25.5. The molecule has 1 aliphatic carbocycles. The Morgan fingerprint density at radius 2 is 2.03 bits per heavy atom. The summed E-state index contributed by atoms with van der Waals surface area (Å²) in [5, 5.41) is 16.6. The normalized spacial score (nSPS) is 24.2. The van der Waals surface area contributed by atoms with Gasteiger partial charge in [-0.15, -0.1) is 0 Å². The lowest BCUT2D eigenvalue weighted by molar-refractivity contribution is 0.0463. The largest absolute Gasteiger partial charge is 0.390 e. The van der Waals surface area contributed by atoms with Crippen LogP contribution < -0.4 is 0 Å². The van der Waals surface area contributed by atoms with Crippen molar-refractivity contribution in [2.45, 2.75) is 70.7 Å². The lowest BCUT2D eigenvalue weighted by atomic mass is 9.83. The molecule has 0 bridgehead atoms. The molecule has 1 fully saturated rings. The van der Waals surface area contributed by atoms with Crippen molar-refractivity contribution >= 4 is 49.8 Å². The van der Waals surface area contributed by atoms with E-state index >= 15 is 0 Å². The number of hydrogen-bond acceptors (Lipinski definition) is 7. The average molecular weight is 593 g/mol. The Kier molecular flexibility index (Phi) is 8.10. The highest BCUT2D eigenvalue weighted by atomic mass is 35.5. The van der Waals surface area contributed by atoms with E-state index in [1.807, 2.05) is 36.9 Å². The maximum absolute atomic E-state index is 11.8. The number of aryl methyl sites for hydroxylation is 1. The van der Waals surface area contributed by atoms with Gasteiger partial charge in [0.2, 0.25) is 0 Å². The van der Waals surface area contributed by atoms with Crippen LogP contribution in [0.25, 0.3) is 16.7 Å². The second-order valence-corrected chi connectivity index (χ2v) is 14.1. The van der Waals surface area contributed by atoms with Gasteiger partial charge in [-0.2, -0.15) is 5.10 Å². The zero-order chi connectivity index (χ0) is 28.1. The summed E-state index contributed by atoms with van der Waals surface area (Å²) in [5.74, 6) is 0.116. The first-order valence-electron chi connectivity index (χ1n) is 13.4. The maximum Gasteiger partial charge on any atom is 0.178 e. The lowest BCUT2D eigenvalue weighted by Gasteiger charge is -2.40. The zero-order valence-electron chi connectivity index (χ0n) is 22.7. The molecule has 2 aliphatic rings. The van der Waals surface area contributed by atoms with Crippen LogP contribution in [0.1, 0.15) is 62.5 Å². The topological polar surface area (TPSA) is 101 Å². The number of sulfone groups is 1. The highest BCUT2D eigenvalue weighted by Gasteiger charge is 2.39. The molecule has 1 aromatic carbocycles. The summed E-state index contributed by atoms with van der Waals surface area (Å²) in [7, 11) is -3.25. The van der Waals surface area contributed by atoms with Gasteiger partial charge in [0.05, 0.1) is 35.5 Å². The number of aliphatic hydroxyl groups excluding tert-OH is 1. The molecule has 8 nitrogen and oxygen atoms in total. The third-order valence-electron chi connectivity index (χ3n) is 8.17. The minimum atomic E-state index is -3.25. The van der Waals surface area contributed by atoms with Crippen molar-refractivity contribution in [1.29, 1.82) is 0 Å². The van der Waals surface area contributed by atoms with Crippen LogP contribution in [0.3, 0.4) is 0 Å². The fourth-order valence-corrected chi connectivity index (χ4v) is 7.65. The van der Waals surface area contributed by atoms with Gasteiger partial charge in [0.1, 0.15) is 15.4 Å². The van der Waals surface area contributed by atoms with E-state index in [0.29, 0.717) is 21.6 Å². The van der Waals surface area contributed by atoms with Gasteiger partial charge in [-0.25, -0.2) is 23.1 Å². The molecule has 5 rings (SSSR count). The highest BCUT2D eigenvalue weighted by molar-refractivity contribution is 7.90. The van der Waals surface area contributed by atoms with E-state index in [4.69, 9.17) is 38.3 Å². The van der Waals surface area contributed by atoms with Gasteiger partial charge in [-0.3, -0.25) is 4.90 Å². The first-order valence-corrected chi connectivity index (χ1v) is 16.2. The Labute approximate surface area is 240 Å². The van der Waals surface area contributed by atoms with E-state index in [0.717, 1.165) is 60.3 Å². The molecule has 2 unspecified atom stereocenters. The summed E-state index contributed by atoms with van der Waals surface area (Å²) in [6.45, 7) is 7.06. The Morgan fingerprint density at radius 1 is 1.26 bits per heavy atom. The minimum Gasteiger partial charge on any atom is -0.390 e. The van der Waals surface area contributed by atoms with Crippen LogP contribution in [0, 0.1) is 12.8 Å². The monoisotopic (exact) mass is 591 g/mol. The number of allylic oxidation sites excluding steroid dienone is 1. The summed E-state index contributed by atoms with van der Waals surface area (Å²) in [6.07, 6.45) is 7.79. The molecule has 1 aliphatic heterocycles. The molecule has 3 aromatic rings. The third-order valence-corrected chi connectivity index (χ3v) is 9.68. The van der Waals surface area contributed by atoms with Gasteiger partial charge in [0, 0.05) is 28.4 Å². The van der Waals surface area contributed by atoms with Crippen LogP contribution in [-0.4, -0.2) is 74.9 Å². The van der Waals surface area contributed by atoms with Crippen molar-refractivity contribution in [3.8, 4) is 0 Å². The number of aliphatic hydroxyl groups is 1. The molecule has 210 valence electrons. The number of fused-ring (bicyclic) bond motifs is 1. The number of likely N-dealkylation sites (tertiary alicyclic amines) is 1. The van der Waals surface area contributed by atoms with Crippen molar-refractivity contribution < 1.29 is 13.5 Å². The van der Waals surface area contributed by atoms with Crippen molar-refractivity contribution in [3.05, 3.63) is 57.5 Å². The van der Waals surface area contributed by atoms with Gasteiger partial charge >= 0.3 is 0 Å². The first kappa shape index (κ1) is 28.5. The second-order valence-electron chi connectivity index (χ2n) is 11.1. The van der Waals surface area contributed by atoms with Gasteiger partial charge in [-0.1, -0.05) is 42.3 Å². The Balaban J connectivity index is 1.41. The van der Waals surface area contributed by atoms with Crippen molar-refractivity contribution in [1.82, 2.24) is 24.6 Å². The maximum atomic E-state index is 11.8. The number of benzene rings is 1. The molecule has 1 saturated heterocycles. The summed E-state index contributed by atoms with van der Waals surface area (Å²) >= 11 is 12.6. The Bertz CT molecular complexity index is 1520. The SMILES string of the molecule is Cc1nn(C(C)c2ccc(Cl)cc2Cl)c2nc(C3=CC[C@H](N4CCC[C@H]4C(O)CS(C)(=O)=O)[C@H](C)C3)cnc12. The second kappa shape index (κ2) is 11.1. The molecule has 1 N–H and O–H groups in total. The summed E-state index contributed by atoms with van der Waals surface area (Å²) in [5.41, 5.74) is 5.16. The van der Waals surface area contributed by atoms with E-state index in [9.17, 15) is 13.5 Å². The van der Waals surface area contributed by atoms with Gasteiger partial charge in [-0.05, 0) is 75.3 Å². The van der Waals surface area contributed by atoms with E-state index in [1.165, 1.54) is 6.26 Å². The molecule has 0 spiro atoms. The standard InChI is InChI=1S/C28H35Cl2N5O3S/c1-16-12-19(7-10-24(16)34-11-5-6-25(34)26(36)15-39(4,37)38)23-14-31-27-17(2)33-35(28(27)32-23)18(3)21-9-8-20(29)13-22(21)30/h7-9,13-14,16,18,24-26,36H,5-6,10-12,15H2,1-4H3/t16-,18?,24+,25+,26?/m1/s1. The molecule has 0 saturated carbocycles. The number of nitrogens with zero attached hydrogens (tertiary/aromatic N) is 5. The Hall–Kier alpha value is -2.04. The molecular formula is C28H35Cl2N5O3S. The predicted octanol–water partition coefficient (Wildman–Crippen LogP) is 5.10. The van der Waals surface area contributed by atoms with Crippen LogP contribution in [-0.2, 0) is 9.84 Å². The van der Waals surface area contributed by atoms with E-state index in [2.05, 4.69) is 17.9 Å². The molecule has 3 heterocycles. The van der Waals surface area contributed by atoms with Crippen LogP contribution in [0.15, 0.2) is 30.5 Å². The predicted molar refractivity (Wildman–Crippen MR) is 156 cm³/mol. The summed E-state index contributed by atoms with van der Waals surface area (Å²) in [6, 6.07) is 5.43. The fraction of sp³-hybridized carbons (Fsp3) is 0.536. The number of hydrogen-bond donors (Lipinski definition) is 1. The molecular weight excluding hydrogens is 557 g/mol. The van der Waals surface area contributed by atoms with E-state index in [-0.39, 0.29) is 23.9 Å². The number of aromatic nitrogens is 4. The fourth-order valence-electron chi connectivity index (χ4n) is 6.24. The zero-order valence-corrected chi connectivity index (χ0v) is 25.0. The van der Waals surface area contributed by atoms with E-state index < -0.39 is 15.9 Å². The molecule has 0 radical (unpaired) electrons. The lowest BCUT2D eigenvalue weighted by Crippen LogP contribution is -2.50. The molecule has 39 heavy (non-hydrogen) atoms. The quantitative estimate of drug-likeness (QED) is 0.407. The first-order chi connectivity index (χ1) is 18.4. The van der Waals surface area contributed by atoms with Crippen LogP contribution in [0.5, 0.6) is 0 Å². The summed E-state index contributed by atoms with van der Waals surface area (Å²) in [4.78, 5) is 12.1. The van der Waals surface area contributed by atoms with Gasteiger partial charge in [0.25, 0.3) is 0 Å². The third kappa shape index (κ3) is 5.88. The number of rotatable bonds is 7. The molecule has 0 amide bonds. The van der Waals surface area contributed by atoms with Gasteiger partial charge in [0.15, 0.2) is 5.65 Å². The van der Waals surface area contributed by atoms with Gasteiger partial charge < -0.3 is 5.11 Å². The average Bonchev–Trinajstić information content (AvgIpc) is 3.47. The Morgan fingerprint density at radius 3 is 2.72 bits per heavy atom. The van der Waals surface area contributed by atoms with E-state index in [1.54, 1.807) is 6.07 Å². The number of halogens is 2. The van der Waals surface area contributed by atoms with Crippen LogP contribution in [0.4, 0.5) is 0 Å². The molecule has 11 heteroatoms. The van der Waals surface area contributed by atoms with Crippen LogP contribution in [0.2, 0.25) is 10.0 Å². The molecule has 5 atom stereocenters. The molecule has 2 aromatic heterocycles. The highest BCUT2D eigenvalue weighted by Crippen LogP contribution is 2.37. The van der Waals surface area contributed by atoms with Crippen molar-refractivity contribution in [3.63, 3.8) is 0 Å².